The Morgan fingerprint density at radius 1 is 1.21 bits per heavy atom. The summed E-state index contributed by atoms with van der Waals surface area (Å²) >= 11 is 0. The van der Waals surface area contributed by atoms with Gasteiger partial charge in [-0.1, -0.05) is 18.2 Å². The summed E-state index contributed by atoms with van der Waals surface area (Å²) in [7, 11) is 0. The number of para-hydroxylation sites is 1. The lowest BCUT2D eigenvalue weighted by atomic mass is 10.2. The quantitative estimate of drug-likeness (QED) is 0.748. The predicted molar refractivity (Wildman–Crippen MR) is 89.5 cm³/mol. The van der Waals surface area contributed by atoms with Gasteiger partial charge < -0.3 is 19.9 Å². The van der Waals surface area contributed by atoms with Crippen molar-refractivity contribution in [2.75, 3.05) is 26.2 Å². The molecule has 0 radical (unpaired) electrons. The molecule has 0 aliphatic carbocycles. The molecule has 0 spiro atoms. The zero-order valence-corrected chi connectivity index (χ0v) is 13.8. The molecule has 7 heteroatoms. The van der Waals surface area contributed by atoms with Gasteiger partial charge in [-0.15, -0.1) is 0 Å². The summed E-state index contributed by atoms with van der Waals surface area (Å²) < 4.78 is 5.05. The van der Waals surface area contributed by atoms with Crippen LogP contribution < -0.4 is 5.32 Å². The number of nitrogens with zero attached hydrogens (tertiary/aromatic N) is 1. The van der Waals surface area contributed by atoms with Crippen molar-refractivity contribution in [2.24, 2.45) is 0 Å². The molecule has 0 aliphatic heterocycles. The van der Waals surface area contributed by atoms with Crippen LogP contribution in [0.25, 0.3) is 10.9 Å². The average Bonchev–Trinajstić information content (AvgIpc) is 3.01. The Kier molecular flexibility index (Phi) is 5.95. The minimum absolute atomic E-state index is 0.0485. The number of esters is 1. The zero-order chi connectivity index (χ0) is 17.5. The van der Waals surface area contributed by atoms with Crippen LogP contribution in [0.5, 0.6) is 0 Å². The topological polar surface area (TPSA) is 91.5 Å². The number of carbonyl (C=O) groups excluding carboxylic acids is 3. The molecule has 2 aromatic rings. The number of hydrogen-bond donors (Lipinski definition) is 2. The Morgan fingerprint density at radius 3 is 2.62 bits per heavy atom. The van der Waals surface area contributed by atoms with Crippen molar-refractivity contribution >= 4 is 28.7 Å². The highest BCUT2D eigenvalue weighted by Crippen LogP contribution is 2.15. The Labute approximate surface area is 140 Å². The van der Waals surface area contributed by atoms with Crippen LogP contribution in [0.2, 0.25) is 0 Å². The molecule has 0 aliphatic rings. The van der Waals surface area contributed by atoms with Crippen molar-refractivity contribution in [3.05, 3.63) is 36.0 Å². The van der Waals surface area contributed by atoms with Crippen LogP contribution in [-0.2, 0) is 14.3 Å². The first-order valence-corrected chi connectivity index (χ1v) is 7.84. The number of ether oxygens (including phenoxy) is 1. The van der Waals surface area contributed by atoms with Gasteiger partial charge in [0.1, 0.15) is 5.69 Å². The molecule has 24 heavy (non-hydrogen) atoms. The van der Waals surface area contributed by atoms with Gasteiger partial charge in [-0.3, -0.25) is 9.59 Å². The lowest BCUT2D eigenvalue weighted by molar-refractivity contribution is -0.138. The van der Waals surface area contributed by atoms with Gasteiger partial charge in [-0.25, -0.2) is 4.79 Å². The van der Waals surface area contributed by atoms with E-state index in [2.05, 4.69) is 10.3 Å². The summed E-state index contributed by atoms with van der Waals surface area (Å²) in [6.07, 6.45) is 0. The van der Waals surface area contributed by atoms with Gasteiger partial charge in [-0.05, 0) is 26.0 Å². The van der Waals surface area contributed by atoms with E-state index in [1.165, 1.54) is 4.90 Å². The molecule has 0 unspecified atom stereocenters. The number of nitrogens with one attached hydrogen (secondary N) is 2. The minimum Gasteiger partial charge on any atom is -0.451 e. The minimum atomic E-state index is -0.603. The summed E-state index contributed by atoms with van der Waals surface area (Å²) in [6.45, 7) is 3.98. The summed E-state index contributed by atoms with van der Waals surface area (Å²) in [5.41, 5.74) is 1.11. The van der Waals surface area contributed by atoms with Gasteiger partial charge in [0.15, 0.2) is 6.61 Å². The van der Waals surface area contributed by atoms with Crippen molar-refractivity contribution < 1.29 is 19.1 Å². The fourth-order valence-electron chi connectivity index (χ4n) is 2.28. The highest BCUT2D eigenvalue weighted by molar-refractivity contribution is 5.96. The molecule has 2 rings (SSSR count). The second kappa shape index (κ2) is 8.14. The Bertz CT molecular complexity index is 705. The summed E-state index contributed by atoms with van der Waals surface area (Å²) in [5.74, 6) is -1.25. The van der Waals surface area contributed by atoms with Crippen LogP contribution in [0.3, 0.4) is 0 Å². The average molecular weight is 331 g/mol. The number of hydrogen-bond acceptors (Lipinski definition) is 4. The normalized spacial score (nSPS) is 10.4. The van der Waals surface area contributed by atoms with Crippen LogP contribution in [0, 0.1) is 0 Å². The molecule has 0 fully saturated rings. The molecule has 1 heterocycles. The maximum absolute atomic E-state index is 12.1. The molecule has 0 atom stereocenters. The van der Waals surface area contributed by atoms with Crippen LogP contribution >= 0.6 is 0 Å². The molecule has 0 saturated heterocycles. The maximum atomic E-state index is 12.1. The van der Waals surface area contributed by atoms with Gasteiger partial charge in [0.05, 0.1) is 6.54 Å². The smallest absolute Gasteiger partial charge is 0.355 e. The second-order valence-electron chi connectivity index (χ2n) is 5.21. The highest BCUT2D eigenvalue weighted by Gasteiger charge is 2.18. The molecule has 7 nitrogen and oxygen atoms in total. The van der Waals surface area contributed by atoms with Crippen molar-refractivity contribution in [1.29, 1.82) is 0 Å². The Morgan fingerprint density at radius 2 is 1.96 bits per heavy atom. The van der Waals surface area contributed by atoms with Gasteiger partial charge in [0.2, 0.25) is 5.91 Å². The van der Waals surface area contributed by atoms with E-state index in [0.717, 1.165) is 10.9 Å². The van der Waals surface area contributed by atoms with E-state index in [1.807, 2.05) is 24.3 Å². The number of aromatic nitrogens is 1. The van der Waals surface area contributed by atoms with Crippen LogP contribution in [-0.4, -0.2) is 53.9 Å². The number of rotatable bonds is 7. The van der Waals surface area contributed by atoms with Crippen molar-refractivity contribution in [3.63, 3.8) is 0 Å². The molecule has 0 saturated carbocycles. The second-order valence-corrected chi connectivity index (χ2v) is 5.21. The van der Waals surface area contributed by atoms with Gasteiger partial charge >= 0.3 is 5.97 Å². The number of fused-ring (bicyclic) bond motifs is 1. The predicted octanol–water partition coefficient (Wildman–Crippen LogP) is 1.31. The molecular weight excluding hydrogens is 310 g/mol. The Balaban J connectivity index is 1.92. The number of benzene rings is 1. The SMILES string of the molecule is CCNC(=O)CN(CC)C(=O)COC(=O)c1cc2ccccc2[nH]1. The molecule has 1 aromatic carbocycles. The van der Waals surface area contributed by atoms with Crippen LogP contribution in [0.4, 0.5) is 0 Å². The van der Waals surface area contributed by atoms with E-state index in [-0.39, 0.29) is 18.1 Å². The number of carbonyl (C=O) groups is 3. The van der Waals surface area contributed by atoms with E-state index in [1.54, 1.807) is 19.9 Å². The summed E-state index contributed by atoms with van der Waals surface area (Å²) in [4.78, 5) is 40.0. The molecule has 2 amide bonds. The van der Waals surface area contributed by atoms with E-state index in [4.69, 9.17) is 4.74 Å². The molecule has 2 N–H and O–H groups in total. The molecule has 1 aromatic heterocycles. The Hall–Kier alpha value is -2.83. The first-order chi connectivity index (χ1) is 11.5. The molecule has 128 valence electrons. The van der Waals surface area contributed by atoms with Crippen LogP contribution in [0.15, 0.2) is 30.3 Å². The first-order valence-electron chi connectivity index (χ1n) is 7.84. The number of likely N-dealkylation sites (N-methyl/N-ethyl adjacent to an activating group) is 2. The fraction of sp³-hybridized carbons (Fsp3) is 0.353. The van der Waals surface area contributed by atoms with Gasteiger partial charge in [0.25, 0.3) is 5.91 Å². The summed E-state index contributed by atoms with van der Waals surface area (Å²) in [5, 5.41) is 3.52. The number of amides is 2. The standard InChI is InChI=1S/C17H21N3O4/c1-3-18-15(21)10-20(4-2)16(22)11-24-17(23)14-9-12-7-5-6-8-13(12)19-14/h5-9,19H,3-4,10-11H2,1-2H3,(H,18,21). The van der Waals surface area contributed by atoms with E-state index < -0.39 is 18.5 Å². The van der Waals surface area contributed by atoms with Crippen molar-refractivity contribution in [2.45, 2.75) is 13.8 Å². The largest absolute Gasteiger partial charge is 0.451 e. The zero-order valence-electron chi connectivity index (χ0n) is 13.8. The highest BCUT2D eigenvalue weighted by atomic mass is 16.5. The van der Waals surface area contributed by atoms with E-state index in [9.17, 15) is 14.4 Å². The van der Waals surface area contributed by atoms with Gasteiger partial charge in [-0.2, -0.15) is 0 Å². The monoisotopic (exact) mass is 331 g/mol. The third kappa shape index (κ3) is 4.34. The number of aromatic amines is 1. The molecule has 0 bridgehead atoms. The molecular formula is C17H21N3O4. The maximum Gasteiger partial charge on any atom is 0.355 e. The van der Waals surface area contributed by atoms with E-state index >= 15 is 0 Å². The number of H-pyrrole nitrogens is 1. The van der Waals surface area contributed by atoms with Gasteiger partial charge in [0, 0.05) is 24.0 Å². The van der Waals surface area contributed by atoms with Crippen molar-refractivity contribution in [1.82, 2.24) is 15.2 Å². The lowest BCUT2D eigenvalue weighted by Crippen LogP contribution is -2.42. The lowest BCUT2D eigenvalue weighted by Gasteiger charge is -2.19. The third-order valence-electron chi connectivity index (χ3n) is 3.52. The third-order valence-corrected chi connectivity index (χ3v) is 3.52. The van der Waals surface area contributed by atoms with Crippen LogP contribution in [0.1, 0.15) is 24.3 Å². The summed E-state index contributed by atoms with van der Waals surface area (Å²) in [6, 6.07) is 9.13. The van der Waals surface area contributed by atoms with E-state index in [0.29, 0.717) is 13.1 Å². The van der Waals surface area contributed by atoms with Crippen molar-refractivity contribution in [3.8, 4) is 0 Å². The first kappa shape index (κ1) is 17.5. The fourth-order valence-corrected chi connectivity index (χ4v) is 2.28.